The van der Waals surface area contributed by atoms with Gasteiger partial charge in [0.2, 0.25) is 0 Å². The van der Waals surface area contributed by atoms with E-state index in [2.05, 4.69) is 63.7 Å². The van der Waals surface area contributed by atoms with Gasteiger partial charge in [-0.2, -0.15) is 12.6 Å². The first-order valence-corrected chi connectivity index (χ1v) is 5.27. The van der Waals surface area contributed by atoms with E-state index >= 15 is 0 Å². The molecule has 0 saturated carbocycles. The molecular formula is C12H18S. The Kier molecular flexibility index (Phi) is 3.43. The zero-order valence-electron chi connectivity index (χ0n) is 8.62. The molecule has 0 saturated heterocycles. The highest BCUT2D eigenvalue weighted by atomic mass is 32.1. The van der Waals surface area contributed by atoms with Crippen molar-refractivity contribution in [2.24, 2.45) is 0 Å². The summed E-state index contributed by atoms with van der Waals surface area (Å²) in [6.07, 6.45) is 1.11. The Morgan fingerprint density at radius 1 is 1.23 bits per heavy atom. The molecule has 0 amide bonds. The molecule has 0 aromatic heterocycles. The summed E-state index contributed by atoms with van der Waals surface area (Å²) in [4.78, 5) is 0. The molecule has 1 aromatic carbocycles. The predicted octanol–water partition coefficient (Wildman–Crippen LogP) is 3.67. The fourth-order valence-electron chi connectivity index (χ4n) is 1.75. The van der Waals surface area contributed by atoms with E-state index in [0.29, 0.717) is 5.25 Å². The van der Waals surface area contributed by atoms with Crippen LogP contribution in [0, 0.1) is 0 Å². The number of rotatable bonds is 3. The number of thiol groups is 1. The van der Waals surface area contributed by atoms with E-state index in [1.54, 1.807) is 0 Å². The molecule has 1 atom stereocenters. The lowest BCUT2D eigenvalue weighted by molar-refractivity contribution is 0.480. The maximum atomic E-state index is 4.44. The van der Waals surface area contributed by atoms with Gasteiger partial charge in [0.25, 0.3) is 0 Å². The zero-order chi connectivity index (χ0) is 9.90. The Morgan fingerprint density at radius 3 is 2.23 bits per heavy atom. The molecule has 0 radical (unpaired) electrons. The van der Waals surface area contributed by atoms with Gasteiger partial charge in [0.1, 0.15) is 0 Å². The smallest absolute Gasteiger partial charge is 0.000331 e. The largest absolute Gasteiger partial charge is 0.176 e. The molecule has 0 bridgehead atoms. The lowest BCUT2D eigenvalue weighted by Gasteiger charge is -2.26. The Labute approximate surface area is 86.8 Å². The molecule has 0 nitrogen and oxygen atoms in total. The minimum atomic E-state index is 0.239. The predicted molar refractivity (Wildman–Crippen MR) is 62.5 cm³/mol. The van der Waals surface area contributed by atoms with Crippen LogP contribution in [0.25, 0.3) is 0 Å². The van der Waals surface area contributed by atoms with Gasteiger partial charge >= 0.3 is 0 Å². The summed E-state index contributed by atoms with van der Waals surface area (Å²) in [5.41, 5.74) is 1.64. The molecule has 0 fully saturated rings. The van der Waals surface area contributed by atoms with Gasteiger partial charge in [-0.1, -0.05) is 51.1 Å². The maximum absolute atomic E-state index is 4.44. The molecule has 0 aliphatic rings. The molecule has 0 spiro atoms. The summed E-state index contributed by atoms with van der Waals surface area (Å²) in [5, 5.41) is 0.454. The van der Waals surface area contributed by atoms with Gasteiger partial charge in [0, 0.05) is 0 Å². The summed E-state index contributed by atoms with van der Waals surface area (Å²) in [5.74, 6) is 0. The Balaban J connectivity index is 2.81. The fraction of sp³-hybridized carbons (Fsp3) is 0.500. The van der Waals surface area contributed by atoms with Gasteiger partial charge in [-0.25, -0.2) is 0 Å². The molecule has 13 heavy (non-hydrogen) atoms. The van der Waals surface area contributed by atoms with Crippen molar-refractivity contribution in [3.63, 3.8) is 0 Å². The molecule has 0 N–H and O–H groups in total. The molecule has 1 rings (SSSR count). The molecular weight excluding hydrogens is 176 g/mol. The van der Waals surface area contributed by atoms with Gasteiger partial charge in [0.05, 0.1) is 0 Å². The highest BCUT2D eigenvalue weighted by Crippen LogP contribution is 2.29. The first-order chi connectivity index (χ1) is 6.02. The second kappa shape index (κ2) is 4.19. The number of hydrogen-bond donors (Lipinski definition) is 1. The quantitative estimate of drug-likeness (QED) is 0.697. The minimum absolute atomic E-state index is 0.239. The average molecular weight is 194 g/mol. The summed E-state index contributed by atoms with van der Waals surface area (Å²) >= 11 is 4.44. The molecule has 1 unspecified atom stereocenters. The Hall–Kier alpha value is -0.430. The van der Waals surface area contributed by atoms with Crippen molar-refractivity contribution >= 4 is 12.6 Å². The van der Waals surface area contributed by atoms with Crippen LogP contribution in [-0.4, -0.2) is 5.25 Å². The van der Waals surface area contributed by atoms with Crippen LogP contribution in [0.2, 0.25) is 0 Å². The zero-order valence-corrected chi connectivity index (χ0v) is 9.51. The third-order valence-electron chi connectivity index (χ3n) is 2.36. The van der Waals surface area contributed by atoms with Crippen molar-refractivity contribution in [2.45, 2.75) is 37.9 Å². The number of hydrogen-bond acceptors (Lipinski definition) is 1. The van der Waals surface area contributed by atoms with Crippen molar-refractivity contribution < 1.29 is 0 Å². The molecule has 1 aromatic rings. The monoisotopic (exact) mass is 194 g/mol. The van der Waals surface area contributed by atoms with Crippen LogP contribution < -0.4 is 0 Å². The van der Waals surface area contributed by atoms with Crippen LogP contribution in [0.4, 0.5) is 0 Å². The van der Waals surface area contributed by atoms with Crippen molar-refractivity contribution in [3.8, 4) is 0 Å². The van der Waals surface area contributed by atoms with Crippen molar-refractivity contribution in [1.29, 1.82) is 0 Å². The lowest BCUT2D eigenvalue weighted by atomic mass is 9.81. The van der Waals surface area contributed by atoms with Crippen LogP contribution in [0.15, 0.2) is 30.3 Å². The second-order valence-electron chi connectivity index (χ2n) is 4.30. The van der Waals surface area contributed by atoms with Gasteiger partial charge < -0.3 is 0 Å². The van der Waals surface area contributed by atoms with E-state index in [4.69, 9.17) is 0 Å². The highest BCUT2D eigenvalue weighted by Gasteiger charge is 2.21. The molecule has 0 aliphatic carbocycles. The van der Waals surface area contributed by atoms with E-state index in [1.807, 2.05) is 0 Å². The first kappa shape index (κ1) is 10.6. The topological polar surface area (TPSA) is 0 Å². The Morgan fingerprint density at radius 2 is 1.77 bits per heavy atom. The molecule has 1 heteroatoms. The van der Waals surface area contributed by atoms with Gasteiger partial charge in [-0.05, 0) is 22.6 Å². The maximum Gasteiger partial charge on any atom is -0.000331 e. The molecule has 72 valence electrons. The SMILES string of the molecule is CC(S)CC(C)(C)c1ccccc1. The van der Waals surface area contributed by atoms with Crippen molar-refractivity contribution in [1.82, 2.24) is 0 Å². The summed E-state index contributed by atoms with van der Waals surface area (Å²) < 4.78 is 0. The van der Waals surface area contributed by atoms with E-state index in [0.717, 1.165) is 6.42 Å². The van der Waals surface area contributed by atoms with Crippen molar-refractivity contribution in [2.75, 3.05) is 0 Å². The van der Waals surface area contributed by atoms with Gasteiger partial charge in [-0.15, -0.1) is 0 Å². The van der Waals surface area contributed by atoms with Crippen LogP contribution >= 0.6 is 12.6 Å². The third kappa shape index (κ3) is 3.07. The van der Waals surface area contributed by atoms with Crippen LogP contribution in [-0.2, 0) is 5.41 Å². The standard InChI is InChI=1S/C12H18S/c1-10(13)9-12(2,3)11-7-5-4-6-8-11/h4-8,10,13H,9H2,1-3H3. The van der Waals surface area contributed by atoms with Crippen LogP contribution in [0.1, 0.15) is 32.8 Å². The molecule has 0 heterocycles. The molecule has 0 aliphatic heterocycles. The normalized spacial score (nSPS) is 14.2. The lowest BCUT2D eigenvalue weighted by Crippen LogP contribution is -2.20. The fourth-order valence-corrected chi connectivity index (χ4v) is 2.20. The van der Waals surface area contributed by atoms with Crippen molar-refractivity contribution in [3.05, 3.63) is 35.9 Å². The van der Waals surface area contributed by atoms with Crippen LogP contribution in [0.5, 0.6) is 0 Å². The van der Waals surface area contributed by atoms with Gasteiger partial charge in [-0.3, -0.25) is 0 Å². The summed E-state index contributed by atoms with van der Waals surface area (Å²) in [6.45, 7) is 6.69. The minimum Gasteiger partial charge on any atom is -0.176 e. The average Bonchev–Trinajstić information content (AvgIpc) is 2.04. The van der Waals surface area contributed by atoms with Gasteiger partial charge in [0.15, 0.2) is 0 Å². The third-order valence-corrected chi connectivity index (χ3v) is 2.54. The van der Waals surface area contributed by atoms with Crippen LogP contribution in [0.3, 0.4) is 0 Å². The van der Waals surface area contributed by atoms with E-state index in [9.17, 15) is 0 Å². The second-order valence-corrected chi connectivity index (χ2v) is 5.18. The summed E-state index contributed by atoms with van der Waals surface area (Å²) in [7, 11) is 0. The number of benzene rings is 1. The van der Waals surface area contributed by atoms with E-state index < -0.39 is 0 Å². The Bertz CT molecular complexity index is 249. The first-order valence-electron chi connectivity index (χ1n) is 4.76. The summed E-state index contributed by atoms with van der Waals surface area (Å²) in [6, 6.07) is 10.6. The van der Waals surface area contributed by atoms with E-state index in [1.165, 1.54) is 5.56 Å². The highest BCUT2D eigenvalue weighted by molar-refractivity contribution is 7.80. The van der Waals surface area contributed by atoms with E-state index in [-0.39, 0.29) is 5.41 Å².